The third-order valence-corrected chi connectivity index (χ3v) is 7.21. The van der Waals surface area contributed by atoms with E-state index in [1.54, 1.807) is 0 Å². The predicted molar refractivity (Wildman–Crippen MR) is 96.4 cm³/mol. The van der Waals surface area contributed by atoms with Gasteiger partial charge < -0.3 is 10.2 Å². The van der Waals surface area contributed by atoms with E-state index in [-0.39, 0.29) is 16.3 Å². The molecule has 4 heterocycles. The van der Waals surface area contributed by atoms with Crippen LogP contribution in [0.15, 0.2) is 18.2 Å². The number of rotatable bonds is 3. The summed E-state index contributed by atoms with van der Waals surface area (Å²) >= 11 is 3.79. The molecule has 1 aliphatic carbocycles. The summed E-state index contributed by atoms with van der Waals surface area (Å²) in [4.78, 5) is 15.2. The lowest BCUT2D eigenvalue weighted by Gasteiger charge is -2.44. The number of piperidine rings is 3. The Labute approximate surface area is 149 Å². The lowest BCUT2D eigenvalue weighted by atomic mass is 9.84. The second kappa shape index (κ2) is 5.30. The number of nitrogens with one attached hydrogen (secondary N) is 2. The number of carbonyl (C=O) groups is 1. The van der Waals surface area contributed by atoms with E-state index in [4.69, 9.17) is 0 Å². The fourth-order valence-corrected chi connectivity index (χ4v) is 4.68. The number of aromatic amines is 1. The SMILES string of the molecule is O=C(N[C@@H]1CN2CCC1CC2)c1n[nH]c2cc(C3(Br)CC3)ccc12. The van der Waals surface area contributed by atoms with Gasteiger partial charge in [-0.05, 0) is 56.3 Å². The second-order valence-corrected chi connectivity index (χ2v) is 9.03. The average molecular weight is 389 g/mol. The zero-order chi connectivity index (χ0) is 16.3. The van der Waals surface area contributed by atoms with Crippen molar-refractivity contribution < 1.29 is 4.79 Å². The Morgan fingerprint density at radius 1 is 1.33 bits per heavy atom. The van der Waals surface area contributed by atoms with Crippen LogP contribution in [0.2, 0.25) is 0 Å². The molecule has 24 heavy (non-hydrogen) atoms. The lowest BCUT2D eigenvalue weighted by Crippen LogP contribution is -2.57. The van der Waals surface area contributed by atoms with Gasteiger partial charge in [0.1, 0.15) is 0 Å². The first kappa shape index (κ1) is 14.9. The molecular formula is C18H21BrN4O. The first-order valence-electron chi connectivity index (χ1n) is 8.83. The Hall–Kier alpha value is -1.40. The Morgan fingerprint density at radius 2 is 2.12 bits per heavy atom. The highest BCUT2D eigenvalue weighted by Crippen LogP contribution is 2.54. The maximum absolute atomic E-state index is 12.7. The van der Waals surface area contributed by atoms with Crippen molar-refractivity contribution in [2.45, 2.75) is 36.0 Å². The molecule has 0 unspecified atom stereocenters. The highest BCUT2D eigenvalue weighted by molar-refractivity contribution is 9.09. The molecule has 1 saturated carbocycles. The molecule has 3 saturated heterocycles. The largest absolute Gasteiger partial charge is 0.346 e. The second-order valence-electron chi connectivity index (χ2n) is 7.52. The van der Waals surface area contributed by atoms with Crippen LogP contribution in [0.1, 0.15) is 41.7 Å². The number of alkyl halides is 1. The smallest absolute Gasteiger partial charge is 0.272 e. The monoisotopic (exact) mass is 388 g/mol. The van der Waals surface area contributed by atoms with Crippen molar-refractivity contribution in [1.29, 1.82) is 0 Å². The number of aromatic nitrogens is 2. The van der Waals surface area contributed by atoms with Crippen LogP contribution < -0.4 is 5.32 Å². The zero-order valence-corrected chi connectivity index (χ0v) is 15.1. The van der Waals surface area contributed by atoms with Gasteiger partial charge in [0.25, 0.3) is 5.91 Å². The van der Waals surface area contributed by atoms with Crippen LogP contribution in [-0.2, 0) is 4.32 Å². The minimum Gasteiger partial charge on any atom is -0.346 e. The minimum absolute atomic E-state index is 0.0484. The maximum Gasteiger partial charge on any atom is 0.272 e. The molecule has 6 rings (SSSR count). The average Bonchev–Trinajstić information content (AvgIpc) is 3.21. The molecule has 2 aromatic rings. The van der Waals surface area contributed by atoms with Crippen LogP contribution in [0.25, 0.3) is 10.9 Å². The van der Waals surface area contributed by atoms with Crippen molar-refractivity contribution in [2.75, 3.05) is 19.6 Å². The number of hydrogen-bond acceptors (Lipinski definition) is 3. The summed E-state index contributed by atoms with van der Waals surface area (Å²) in [7, 11) is 0. The normalized spacial score (nSPS) is 30.5. The Bertz CT molecular complexity index is 804. The van der Waals surface area contributed by atoms with E-state index in [1.165, 1.54) is 44.3 Å². The summed E-state index contributed by atoms with van der Waals surface area (Å²) in [6, 6.07) is 6.53. The van der Waals surface area contributed by atoms with E-state index in [9.17, 15) is 4.79 Å². The number of carbonyl (C=O) groups excluding carboxylic acids is 1. The number of nitrogens with zero attached hydrogens (tertiary/aromatic N) is 2. The summed E-state index contributed by atoms with van der Waals surface area (Å²) in [6.07, 6.45) is 4.73. The van der Waals surface area contributed by atoms with Gasteiger partial charge in [-0.25, -0.2) is 0 Å². The summed E-state index contributed by atoms with van der Waals surface area (Å²) in [5.74, 6) is 0.576. The number of benzene rings is 1. The lowest BCUT2D eigenvalue weighted by molar-refractivity contribution is 0.0618. The van der Waals surface area contributed by atoms with Gasteiger partial charge in [-0.1, -0.05) is 28.1 Å². The van der Waals surface area contributed by atoms with E-state index >= 15 is 0 Å². The van der Waals surface area contributed by atoms with Crippen molar-refractivity contribution in [1.82, 2.24) is 20.4 Å². The Kier molecular flexibility index (Phi) is 3.29. The summed E-state index contributed by atoms with van der Waals surface area (Å²) < 4.78 is 0.143. The number of amides is 1. The summed E-state index contributed by atoms with van der Waals surface area (Å²) in [6.45, 7) is 3.34. The third-order valence-electron chi connectivity index (χ3n) is 5.96. The third kappa shape index (κ3) is 2.39. The van der Waals surface area contributed by atoms with Gasteiger partial charge in [0.15, 0.2) is 5.69 Å². The molecule has 4 fully saturated rings. The van der Waals surface area contributed by atoms with E-state index < -0.39 is 0 Å². The Balaban J connectivity index is 1.39. The number of fused-ring (bicyclic) bond motifs is 4. The highest BCUT2D eigenvalue weighted by atomic mass is 79.9. The molecule has 5 nitrogen and oxygen atoms in total. The van der Waals surface area contributed by atoms with Crippen molar-refractivity contribution in [3.05, 3.63) is 29.5 Å². The molecule has 2 N–H and O–H groups in total. The Morgan fingerprint density at radius 3 is 2.79 bits per heavy atom. The molecule has 1 amide bonds. The van der Waals surface area contributed by atoms with Crippen molar-refractivity contribution in [3.8, 4) is 0 Å². The molecule has 126 valence electrons. The van der Waals surface area contributed by atoms with Crippen LogP contribution in [-0.4, -0.2) is 46.7 Å². The molecule has 2 bridgehead atoms. The van der Waals surface area contributed by atoms with Crippen LogP contribution in [0.5, 0.6) is 0 Å². The molecule has 1 atom stereocenters. The van der Waals surface area contributed by atoms with Gasteiger partial charge in [-0.2, -0.15) is 5.10 Å². The first-order chi connectivity index (χ1) is 11.6. The van der Waals surface area contributed by atoms with E-state index in [1.807, 2.05) is 6.07 Å². The molecular weight excluding hydrogens is 368 g/mol. The maximum atomic E-state index is 12.7. The first-order valence-corrected chi connectivity index (χ1v) is 9.62. The predicted octanol–water partition coefficient (Wildman–Crippen LogP) is 2.77. The standard InChI is InChI=1S/C18H21BrN4O/c19-18(5-6-18)12-1-2-13-14(9-12)21-22-16(13)17(24)20-15-10-23-7-3-11(15)4-8-23/h1-2,9,11,15H,3-8,10H2,(H,20,24)(H,21,22)/t15-/m1/s1. The topological polar surface area (TPSA) is 61.0 Å². The molecule has 1 aromatic carbocycles. The van der Waals surface area contributed by atoms with Crippen molar-refractivity contribution >= 4 is 32.7 Å². The van der Waals surface area contributed by atoms with Crippen LogP contribution in [0.3, 0.4) is 0 Å². The molecule has 6 heteroatoms. The summed E-state index contributed by atoms with van der Waals surface area (Å²) in [5, 5.41) is 11.5. The van der Waals surface area contributed by atoms with E-state index in [2.05, 4.69) is 48.5 Å². The minimum atomic E-state index is -0.0484. The van der Waals surface area contributed by atoms with Crippen molar-refractivity contribution in [2.24, 2.45) is 5.92 Å². The van der Waals surface area contributed by atoms with Crippen LogP contribution >= 0.6 is 15.9 Å². The van der Waals surface area contributed by atoms with E-state index in [0.29, 0.717) is 11.6 Å². The van der Waals surface area contributed by atoms with Gasteiger partial charge in [0.05, 0.1) is 9.84 Å². The van der Waals surface area contributed by atoms with Crippen LogP contribution in [0, 0.1) is 5.92 Å². The fourth-order valence-electron chi connectivity index (χ4n) is 4.24. The van der Waals surface area contributed by atoms with Gasteiger partial charge >= 0.3 is 0 Å². The van der Waals surface area contributed by atoms with Gasteiger partial charge in [-0.3, -0.25) is 9.89 Å². The number of halogens is 1. The van der Waals surface area contributed by atoms with Crippen molar-refractivity contribution in [3.63, 3.8) is 0 Å². The molecule has 0 spiro atoms. The van der Waals surface area contributed by atoms with Crippen LogP contribution in [0.4, 0.5) is 0 Å². The van der Waals surface area contributed by atoms with E-state index in [0.717, 1.165) is 17.4 Å². The zero-order valence-electron chi connectivity index (χ0n) is 13.5. The fraction of sp³-hybridized carbons (Fsp3) is 0.556. The number of hydrogen-bond donors (Lipinski definition) is 2. The number of H-pyrrole nitrogens is 1. The highest BCUT2D eigenvalue weighted by Gasteiger charge is 2.41. The quantitative estimate of drug-likeness (QED) is 0.794. The molecule has 1 aromatic heterocycles. The van der Waals surface area contributed by atoms with Gasteiger partial charge in [-0.15, -0.1) is 0 Å². The molecule has 4 aliphatic rings. The molecule has 3 aliphatic heterocycles. The van der Waals surface area contributed by atoms with Gasteiger partial charge in [0.2, 0.25) is 0 Å². The summed E-state index contributed by atoms with van der Waals surface area (Å²) in [5.41, 5.74) is 2.73. The molecule has 0 radical (unpaired) electrons. The van der Waals surface area contributed by atoms with Gasteiger partial charge in [0, 0.05) is 18.0 Å².